The molecular formula is C14H19N5. The van der Waals surface area contributed by atoms with Crippen LogP contribution in [-0.2, 0) is 13.0 Å². The first-order valence-electron chi connectivity index (χ1n) is 6.45. The lowest BCUT2D eigenvalue weighted by Crippen LogP contribution is -2.08. The largest absolute Gasteiger partial charge is 0.383 e. The van der Waals surface area contributed by atoms with Crippen molar-refractivity contribution < 1.29 is 0 Å². The fourth-order valence-corrected chi connectivity index (χ4v) is 1.86. The summed E-state index contributed by atoms with van der Waals surface area (Å²) in [6.45, 7) is 4.77. The van der Waals surface area contributed by atoms with Gasteiger partial charge in [0.25, 0.3) is 0 Å². The van der Waals surface area contributed by atoms with E-state index >= 15 is 0 Å². The van der Waals surface area contributed by atoms with Crippen LogP contribution in [0, 0.1) is 6.92 Å². The molecule has 0 aromatic carbocycles. The van der Waals surface area contributed by atoms with Crippen molar-refractivity contribution in [2.75, 3.05) is 11.1 Å². The zero-order valence-corrected chi connectivity index (χ0v) is 11.3. The standard InChI is InChI=1S/C14H19N5/c1-3-4-12-13(15)18-9-19-14(12)17-8-11-6-5-10(2)16-7-11/h5-7,9H,3-4,8H2,1-2H3,(H3,15,17,18,19). The van der Waals surface area contributed by atoms with Crippen LogP contribution < -0.4 is 11.1 Å². The number of nitrogens with two attached hydrogens (primary N) is 1. The van der Waals surface area contributed by atoms with E-state index in [0.29, 0.717) is 12.4 Å². The highest BCUT2D eigenvalue weighted by Crippen LogP contribution is 2.19. The SMILES string of the molecule is CCCc1c(N)ncnc1NCc1ccc(C)nc1. The van der Waals surface area contributed by atoms with Gasteiger partial charge in [-0.05, 0) is 25.0 Å². The number of hydrogen-bond donors (Lipinski definition) is 2. The van der Waals surface area contributed by atoms with Crippen LogP contribution in [0.25, 0.3) is 0 Å². The lowest BCUT2D eigenvalue weighted by atomic mass is 10.1. The normalized spacial score (nSPS) is 10.4. The first-order valence-corrected chi connectivity index (χ1v) is 6.45. The number of nitrogens with zero attached hydrogens (tertiary/aromatic N) is 3. The van der Waals surface area contributed by atoms with Gasteiger partial charge in [0, 0.05) is 24.0 Å². The molecule has 2 aromatic rings. The van der Waals surface area contributed by atoms with Crippen molar-refractivity contribution >= 4 is 11.6 Å². The summed E-state index contributed by atoms with van der Waals surface area (Å²) in [6, 6.07) is 4.05. The Morgan fingerprint density at radius 2 is 2.05 bits per heavy atom. The van der Waals surface area contributed by atoms with Crippen molar-refractivity contribution in [3.8, 4) is 0 Å². The van der Waals surface area contributed by atoms with E-state index < -0.39 is 0 Å². The summed E-state index contributed by atoms with van der Waals surface area (Å²) in [5, 5.41) is 3.30. The number of anilines is 2. The highest BCUT2D eigenvalue weighted by atomic mass is 15.0. The summed E-state index contributed by atoms with van der Waals surface area (Å²) in [4.78, 5) is 12.6. The van der Waals surface area contributed by atoms with E-state index in [1.165, 1.54) is 6.33 Å². The van der Waals surface area contributed by atoms with Gasteiger partial charge in [-0.25, -0.2) is 9.97 Å². The molecule has 0 fully saturated rings. The lowest BCUT2D eigenvalue weighted by Gasteiger charge is -2.11. The fraction of sp³-hybridized carbons (Fsp3) is 0.357. The highest BCUT2D eigenvalue weighted by molar-refractivity contribution is 5.55. The molecule has 3 N–H and O–H groups in total. The smallest absolute Gasteiger partial charge is 0.134 e. The molecule has 0 saturated carbocycles. The van der Waals surface area contributed by atoms with Gasteiger partial charge in [-0.3, -0.25) is 4.98 Å². The monoisotopic (exact) mass is 257 g/mol. The minimum atomic E-state index is 0.557. The molecule has 100 valence electrons. The van der Waals surface area contributed by atoms with Gasteiger partial charge in [-0.2, -0.15) is 0 Å². The van der Waals surface area contributed by atoms with Gasteiger partial charge in [0.2, 0.25) is 0 Å². The van der Waals surface area contributed by atoms with Crippen molar-refractivity contribution in [1.82, 2.24) is 15.0 Å². The van der Waals surface area contributed by atoms with E-state index in [1.807, 2.05) is 19.2 Å². The van der Waals surface area contributed by atoms with Crippen LogP contribution in [-0.4, -0.2) is 15.0 Å². The Kier molecular flexibility index (Phi) is 4.28. The number of aryl methyl sites for hydroxylation is 1. The maximum Gasteiger partial charge on any atom is 0.134 e. The lowest BCUT2D eigenvalue weighted by molar-refractivity contribution is 0.901. The maximum absolute atomic E-state index is 5.89. The number of aromatic nitrogens is 3. The van der Waals surface area contributed by atoms with Crippen molar-refractivity contribution in [3.63, 3.8) is 0 Å². The molecule has 5 heteroatoms. The van der Waals surface area contributed by atoms with E-state index in [4.69, 9.17) is 5.73 Å². The molecule has 0 aliphatic rings. The number of hydrogen-bond acceptors (Lipinski definition) is 5. The molecule has 0 bridgehead atoms. The van der Waals surface area contributed by atoms with Crippen molar-refractivity contribution in [2.45, 2.75) is 33.2 Å². The zero-order valence-electron chi connectivity index (χ0n) is 11.3. The minimum Gasteiger partial charge on any atom is -0.383 e. The first kappa shape index (κ1) is 13.3. The van der Waals surface area contributed by atoms with Gasteiger partial charge in [0.05, 0.1) is 0 Å². The predicted molar refractivity (Wildman–Crippen MR) is 76.7 cm³/mol. The van der Waals surface area contributed by atoms with Crippen molar-refractivity contribution in [1.29, 1.82) is 0 Å². The topological polar surface area (TPSA) is 76.7 Å². The Labute approximate surface area is 113 Å². The number of pyridine rings is 1. The minimum absolute atomic E-state index is 0.557. The van der Waals surface area contributed by atoms with E-state index in [2.05, 4.69) is 33.3 Å². The molecule has 5 nitrogen and oxygen atoms in total. The third kappa shape index (κ3) is 3.40. The van der Waals surface area contributed by atoms with Crippen LogP contribution in [0.5, 0.6) is 0 Å². The Balaban J connectivity index is 2.10. The summed E-state index contributed by atoms with van der Waals surface area (Å²) >= 11 is 0. The third-order valence-electron chi connectivity index (χ3n) is 2.91. The van der Waals surface area contributed by atoms with Crippen LogP contribution in [0.1, 0.15) is 30.2 Å². The summed E-state index contributed by atoms with van der Waals surface area (Å²) < 4.78 is 0. The zero-order chi connectivity index (χ0) is 13.7. The van der Waals surface area contributed by atoms with Crippen LogP contribution in [0.2, 0.25) is 0 Å². The molecule has 0 amide bonds. The predicted octanol–water partition coefficient (Wildman–Crippen LogP) is 2.33. The van der Waals surface area contributed by atoms with Crippen LogP contribution >= 0.6 is 0 Å². The Bertz CT molecular complexity index is 536. The Hall–Kier alpha value is -2.17. The number of nitrogens with one attached hydrogen (secondary N) is 1. The average molecular weight is 257 g/mol. The molecule has 2 heterocycles. The summed E-state index contributed by atoms with van der Waals surface area (Å²) in [5.74, 6) is 1.37. The van der Waals surface area contributed by atoms with E-state index in [9.17, 15) is 0 Å². The fourth-order valence-electron chi connectivity index (χ4n) is 1.86. The van der Waals surface area contributed by atoms with E-state index in [0.717, 1.165) is 35.5 Å². The number of nitrogen functional groups attached to an aromatic ring is 1. The van der Waals surface area contributed by atoms with Gasteiger partial charge in [-0.15, -0.1) is 0 Å². The van der Waals surface area contributed by atoms with Gasteiger partial charge in [-0.1, -0.05) is 19.4 Å². The highest BCUT2D eigenvalue weighted by Gasteiger charge is 2.07. The molecule has 0 spiro atoms. The molecule has 0 radical (unpaired) electrons. The van der Waals surface area contributed by atoms with Crippen LogP contribution in [0.3, 0.4) is 0 Å². The van der Waals surface area contributed by atoms with Crippen LogP contribution in [0.4, 0.5) is 11.6 Å². The van der Waals surface area contributed by atoms with E-state index in [1.54, 1.807) is 0 Å². The van der Waals surface area contributed by atoms with Crippen molar-refractivity contribution in [2.24, 2.45) is 0 Å². The molecule has 0 atom stereocenters. The molecular weight excluding hydrogens is 238 g/mol. The molecule has 0 aliphatic heterocycles. The van der Waals surface area contributed by atoms with E-state index in [-0.39, 0.29) is 0 Å². The van der Waals surface area contributed by atoms with Gasteiger partial charge < -0.3 is 11.1 Å². The van der Waals surface area contributed by atoms with Gasteiger partial charge in [0.1, 0.15) is 18.0 Å². The molecule has 19 heavy (non-hydrogen) atoms. The quantitative estimate of drug-likeness (QED) is 0.859. The van der Waals surface area contributed by atoms with Crippen LogP contribution in [0.15, 0.2) is 24.7 Å². The second-order valence-electron chi connectivity index (χ2n) is 4.50. The molecule has 0 unspecified atom stereocenters. The molecule has 0 saturated heterocycles. The summed E-state index contributed by atoms with van der Waals surface area (Å²) in [5.41, 5.74) is 9.02. The second-order valence-corrected chi connectivity index (χ2v) is 4.50. The average Bonchev–Trinajstić information content (AvgIpc) is 2.41. The second kappa shape index (κ2) is 6.13. The Morgan fingerprint density at radius 1 is 1.21 bits per heavy atom. The first-order chi connectivity index (χ1) is 9.20. The van der Waals surface area contributed by atoms with Gasteiger partial charge in [0.15, 0.2) is 0 Å². The molecule has 2 rings (SSSR count). The third-order valence-corrected chi connectivity index (χ3v) is 2.91. The summed E-state index contributed by atoms with van der Waals surface area (Å²) in [6.07, 6.45) is 5.25. The molecule has 0 aliphatic carbocycles. The molecule has 2 aromatic heterocycles. The van der Waals surface area contributed by atoms with Gasteiger partial charge >= 0.3 is 0 Å². The Morgan fingerprint density at radius 3 is 2.74 bits per heavy atom. The summed E-state index contributed by atoms with van der Waals surface area (Å²) in [7, 11) is 0. The van der Waals surface area contributed by atoms with Crippen molar-refractivity contribution in [3.05, 3.63) is 41.5 Å². The maximum atomic E-state index is 5.89. The number of rotatable bonds is 5.